The van der Waals surface area contributed by atoms with Crippen LogP contribution >= 0.6 is 15.9 Å². The number of nitrogens with one attached hydrogen (secondary N) is 1. The lowest BCUT2D eigenvalue weighted by atomic mass is 10.0. The molecule has 1 aliphatic carbocycles. The predicted octanol–water partition coefficient (Wildman–Crippen LogP) is 5.05. The van der Waals surface area contributed by atoms with Gasteiger partial charge in [-0.3, -0.25) is 9.59 Å². The minimum atomic E-state index is -0.289. The molecule has 28 heavy (non-hydrogen) atoms. The number of carbonyl (C=O) groups is 1. The SMILES string of the molecule is CCCCn1c(C)c(C(=O)N[C@H](c2ccc(F)cc2)C2CC2)c(C)c(Br)c1=O. The zero-order chi connectivity index (χ0) is 20.4. The molecular weight excluding hydrogens is 423 g/mol. The van der Waals surface area contributed by atoms with E-state index >= 15 is 0 Å². The summed E-state index contributed by atoms with van der Waals surface area (Å²) in [6.07, 6.45) is 3.92. The van der Waals surface area contributed by atoms with Gasteiger partial charge in [0.25, 0.3) is 11.5 Å². The second kappa shape index (κ2) is 8.60. The lowest BCUT2D eigenvalue weighted by Gasteiger charge is -2.22. The maximum atomic E-state index is 13.3. The largest absolute Gasteiger partial charge is 0.345 e. The van der Waals surface area contributed by atoms with Gasteiger partial charge in [0.05, 0.1) is 16.1 Å². The number of benzene rings is 1. The summed E-state index contributed by atoms with van der Waals surface area (Å²) in [4.78, 5) is 25.9. The molecule has 1 saturated carbocycles. The van der Waals surface area contributed by atoms with Gasteiger partial charge < -0.3 is 9.88 Å². The minimum Gasteiger partial charge on any atom is -0.345 e. The molecule has 2 aromatic rings. The summed E-state index contributed by atoms with van der Waals surface area (Å²) >= 11 is 3.38. The van der Waals surface area contributed by atoms with Crippen LogP contribution in [0.1, 0.15) is 65.8 Å². The third kappa shape index (κ3) is 4.22. The fourth-order valence-corrected chi connectivity index (χ4v) is 4.07. The molecule has 0 saturated heterocycles. The molecule has 1 aliphatic rings. The standard InChI is InChI=1S/C22H26BrFN2O2/c1-4-5-12-26-14(3)18(13(2)19(23)22(26)28)21(27)25-20(15-6-7-15)16-8-10-17(24)11-9-16/h8-11,15,20H,4-7,12H2,1-3H3,(H,25,27)/t20-/m0/s1. The Balaban J connectivity index is 1.95. The molecule has 1 aromatic carbocycles. The molecule has 3 rings (SSSR count). The van der Waals surface area contributed by atoms with E-state index in [4.69, 9.17) is 0 Å². The normalized spacial score (nSPS) is 14.8. The van der Waals surface area contributed by atoms with Gasteiger partial charge in [-0.1, -0.05) is 25.5 Å². The van der Waals surface area contributed by atoms with Crippen molar-refractivity contribution in [1.82, 2.24) is 9.88 Å². The average Bonchev–Trinajstić information content (AvgIpc) is 3.50. The van der Waals surface area contributed by atoms with Gasteiger partial charge in [0.2, 0.25) is 0 Å². The number of aromatic nitrogens is 1. The van der Waals surface area contributed by atoms with Gasteiger partial charge in [0, 0.05) is 12.2 Å². The van der Waals surface area contributed by atoms with Crippen molar-refractivity contribution >= 4 is 21.8 Å². The Kier molecular flexibility index (Phi) is 6.38. The maximum absolute atomic E-state index is 13.3. The number of unbranched alkanes of at least 4 members (excludes halogenated alkanes) is 1. The van der Waals surface area contributed by atoms with E-state index in [0.29, 0.717) is 33.8 Å². The van der Waals surface area contributed by atoms with Gasteiger partial charge in [-0.2, -0.15) is 0 Å². The van der Waals surface area contributed by atoms with Gasteiger partial charge in [-0.25, -0.2) is 4.39 Å². The van der Waals surface area contributed by atoms with Crippen LogP contribution in [0.3, 0.4) is 0 Å². The molecule has 1 amide bonds. The van der Waals surface area contributed by atoms with Gasteiger partial charge in [-0.05, 0) is 78.2 Å². The Morgan fingerprint density at radius 3 is 2.50 bits per heavy atom. The van der Waals surface area contributed by atoms with E-state index in [1.165, 1.54) is 12.1 Å². The number of nitrogens with zero attached hydrogens (tertiary/aromatic N) is 1. The topological polar surface area (TPSA) is 51.1 Å². The molecule has 0 unspecified atom stereocenters. The summed E-state index contributed by atoms with van der Waals surface area (Å²) in [6, 6.07) is 6.16. The molecular formula is C22H26BrFN2O2. The number of hydrogen-bond donors (Lipinski definition) is 1. The van der Waals surface area contributed by atoms with Crippen LogP contribution in [0.5, 0.6) is 0 Å². The van der Waals surface area contributed by atoms with Crippen LogP contribution in [0.4, 0.5) is 4.39 Å². The summed E-state index contributed by atoms with van der Waals surface area (Å²) in [7, 11) is 0. The van der Waals surface area contributed by atoms with Crippen LogP contribution in [0.2, 0.25) is 0 Å². The number of rotatable bonds is 7. The Morgan fingerprint density at radius 2 is 1.93 bits per heavy atom. The first-order valence-corrected chi connectivity index (χ1v) is 10.6. The van der Waals surface area contributed by atoms with Crippen LogP contribution < -0.4 is 10.9 Å². The Hall–Kier alpha value is -1.95. The molecule has 1 fully saturated rings. The quantitative estimate of drug-likeness (QED) is 0.644. The van der Waals surface area contributed by atoms with Crippen molar-refractivity contribution in [3.8, 4) is 0 Å². The van der Waals surface area contributed by atoms with E-state index in [9.17, 15) is 14.0 Å². The monoisotopic (exact) mass is 448 g/mol. The summed E-state index contributed by atoms with van der Waals surface area (Å²) < 4.78 is 15.4. The molecule has 4 nitrogen and oxygen atoms in total. The molecule has 1 aromatic heterocycles. The van der Waals surface area contributed by atoms with Crippen molar-refractivity contribution < 1.29 is 9.18 Å². The highest BCUT2D eigenvalue weighted by atomic mass is 79.9. The number of hydrogen-bond acceptors (Lipinski definition) is 2. The number of pyridine rings is 1. The third-order valence-corrected chi connectivity index (χ3v) is 6.41. The van der Waals surface area contributed by atoms with Gasteiger partial charge in [0.15, 0.2) is 0 Å². The Labute approximate surface area is 173 Å². The minimum absolute atomic E-state index is 0.0997. The van der Waals surface area contributed by atoms with Gasteiger partial charge in [-0.15, -0.1) is 0 Å². The van der Waals surface area contributed by atoms with Gasteiger partial charge >= 0.3 is 0 Å². The van der Waals surface area contributed by atoms with E-state index in [-0.39, 0.29) is 23.3 Å². The highest BCUT2D eigenvalue weighted by molar-refractivity contribution is 9.10. The first kappa shape index (κ1) is 20.8. The molecule has 6 heteroatoms. The fraction of sp³-hybridized carbons (Fsp3) is 0.455. The van der Waals surface area contributed by atoms with Crippen molar-refractivity contribution in [3.05, 3.63) is 67.3 Å². The molecule has 0 bridgehead atoms. The number of amides is 1. The van der Waals surface area contributed by atoms with E-state index in [2.05, 4.69) is 28.2 Å². The van der Waals surface area contributed by atoms with E-state index in [1.54, 1.807) is 23.6 Å². The van der Waals surface area contributed by atoms with Crippen molar-refractivity contribution in [2.24, 2.45) is 5.92 Å². The Morgan fingerprint density at radius 1 is 1.29 bits per heavy atom. The van der Waals surface area contributed by atoms with E-state index in [0.717, 1.165) is 31.2 Å². The second-order valence-corrected chi connectivity index (χ2v) is 8.34. The third-order valence-electron chi connectivity index (χ3n) is 5.48. The summed E-state index contributed by atoms with van der Waals surface area (Å²) in [6.45, 7) is 6.28. The molecule has 1 heterocycles. The highest BCUT2D eigenvalue weighted by Gasteiger charge is 2.34. The average molecular weight is 449 g/mol. The molecule has 0 radical (unpaired) electrons. The van der Waals surface area contributed by atoms with Crippen LogP contribution in [0.15, 0.2) is 33.5 Å². The van der Waals surface area contributed by atoms with Gasteiger partial charge in [0.1, 0.15) is 5.82 Å². The molecule has 0 aliphatic heterocycles. The van der Waals surface area contributed by atoms with Crippen molar-refractivity contribution in [3.63, 3.8) is 0 Å². The molecule has 0 spiro atoms. The highest BCUT2D eigenvalue weighted by Crippen LogP contribution is 2.41. The van der Waals surface area contributed by atoms with Crippen molar-refractivity contribution in [2.75, 3.05) is 0 Å². The predicted molar refractivity (Wildman–Crippen MR) is 112 cm³/mol. The summed E-state index contributed by atoms with van der Waals surface area (Å²) in [5.41, 5.74) is 2.69. The lowest BCUT2D eigenvalue weighted by molar-refractivity contribution is 0.0929. The number of carbonyl (C=O) groups excluding carboxylic acids is 1. The van der Waals surface area contributed by atoms with E-state index < -0.39 is 0 Å². The van der Waals surface area contributed by atoms with Crippen LogP contribution in [0.25, 0.3) is 0 Å². The summed E-state index contributed by atoms with van der Waals surface area (Å²) in [5.74, 6) is -0.116. The number of halogens is 2. The van der Waals surface area contributed by atoms with Crippen LogP contribution in [-0.4, -0.2) is 10.5 Å². The Bertz CT molecular complexity index is 933. The first-order chi connectivity index (χ1) is 13.3. The lowest BCUT2D eigenvalue weighted by Crippen LogP contribution is -2.34. The zero-order valence-electron chi connectivity index (χ0n) is 16.5. The molecule has 1 atom stereocenters. The van der Waals surface area contributed by atoms with E-state index in [1.807, 2.05) is 6.92 Å². The second-order valence-electron chi connectivity index (χ2n) is 7.55. The molecule has 1 N–H and O–H groups in total. The van der Waals surface area contributed by atoms with Crippen LogP contribution in [-0.2, 0) is 6.54 Å². The zero-order valence-corrected chi connectivity index (χ0v) is 18.1. The first-order valence-electron chi connectivity index (χ1n) is 9.81. The summed E-state index contributed by atoms with van der Waals surface area (Å²) in [5, 5.41) is 3.15. The van der Waals surface area contributed by atoms with Crippen molar-refractivity contribution in [1.29, 1.82) is 0 Å². The fourth-order valence-electron chi connectivity index (χ4n) is 3.65. The van der Waals surface area contributed by atoms with Crippen molar-refractivity contribution in [2.45, 2.75) is 59.0 Å². The smallest absolute Gasteiger partial charge is 0.265 e. The molecule has 150 valence electrons. The maximum Gasteiger partial charge on any atom is 0.265 e. The van der Waals surface area contributed by atoms with Crippen LogP contribution in [0, 0.1) is 25.6 Å².